The number of unbranched alkanes of at least 4 members (excludes halogenated alkanes) is 1. The number of hydrogen-bond acceptors (Lipinski definition) is 4. The third-order valence-corrected chi connectivity index (χ3v) is 2.84. The van der Waals surface area contributed by atoms with E-state index >= 15 is 0 Å². The monoisotopic (exact) mass is 282 g/mol. The minimum Gasteiger partial charge on any atom is -0.326 e. The summed E-state index contributed by atoms with van der Waals surface area (Å²) in [6.07, 6.45) is 1.27. The first-order chi connectivity index (χ1) is 10.2. The second kappa shape index (κ2) is 7.01. The Balaban J connectivity index is 1.99. The van der Waals surface area contributed by atoms with Gasteiger partial charge < -0.3 is 5.32 Å². The predicted octanol–water partition coefficient (Wildman–Crippen LogP) is 2.07. The van der Waals surface area contributed by atoms with E-state index in [2.05, 4.69) is 15.5 Å². The van der Waals surface area contributed by atoms with Crippen LogP contribution >= 0.6 is 0 Å². The van der Waals surface area contributed by atoms with Crippen molar-refractivity contribution in [3.63, 3.8) is 0 Å². The van der Waals surface area contributed by atoms with Crippen LogP contribution in [0.3, 0.4) is 0 Å². The highest BCUT2D eigenvalue weighted by atomic mass is 16.1. The van der Waals surface area contributed by atoms with E-state index in [1.54, 1.807) is 18.2 Å². The second-order valence-corrected chi connectivity index (χ2v) is 4.44. The van der Waals surface area contributed by atoms with Gasteiger partial charge in [-0.3, -0.25) is 9.59 Å². The number of anilines is 1. The number of hydrogen-bond donors (Lipinski definition) is 2. The SMILES string of the molecule is N#CCCCC(=O)Nc1ccc(-c2ccc(=O)[nH]n2)cc1. The molecule has 0 saturated heterocycles. The van der Waals surface area contributed by atoms with Crippen LogP contribution in [0.25, 0.3) is 11.3 Å². The highest BCUT2D eigenvalue weighted by molar-refractivity contribution is 5.90. The minimum absolute atomic E-state index is 0.111. The van der Waals surface area contributed by atoms with Crippen LogP contribution in [-0.4, -0.2) is 16.1 Å². The highest BCUT2D eigenvalue weighted by Crippen LogP contribution is 2.18. The fraction of sp³-hybridized carbons (Fsp3) is 0.200. The highest BCUT2D eigenvalue weighted by Gasteiger charge is 2.03. The summed E-state index contributed by atoms with van der Waals surface area (Å²) in [6.45, 7) is 0. The molecule has 0 aliphatic rings. The van der Waals surface area contributed by atoms with Crippen molar-refractivity contribution in [2.24, 2.45) is 0 Å². The molecule has 0 atom stereocenters. The van der Waals surface area contributed by atoms with Gasteiger partial charge in [-0.2, -0.15) is 10.4 Å². The maximum absolute atomic E-state index is 11.6. The second-order valence-electron chi connectivity index (χ2n) is 4.44. The summed E-state index contributed by atoms with van der Waals surface area (Å²) < 4.78 is 0. The van der Waals surface area contributed by atoms with Gasteiger partial charge in [-0.1, -0.05) is 12.1 Å². The van der Waals surface area contributed by atoms with Crippen LogP contribution in [-0.2, 0) is 4.79 Å². The Labute approximate surface area is 121 Å². The molecule has 1 aromatic carbocycles. The lowest BCUT2D eigenvalue weighted by Gasteiger charge is -2.05. The molecule has 0 radical (unpaired) electrons. The predicted molar refractivity (Wildman–Crippen MR) is 78.4 cm³/mol. The van der Waals surface area contributed by atoms with Crippen molar-refractivity contribution < 1.29 is 4.79 Å². The third kappa shape index (κ3) is 4.28. The van der Waals surface area contributed by atoms with Crippen molar-refractivity contribution in [3.05, 3.63) is 46.8 Å². The molecule has 0 spiro atoms. The van der Waals surface area contributed by atoms with Gasteiger partial charge in [0.1, 0.15) is 0 Å². The standard InChI is InChI=1S/C15H14N4O2/c16-10-2-1-3-14(20)17-12-6-4-11(5-7-12)13-8-9-15(21)19-18-13/h4-9H,1-3H2,(H,17,20)(H,19,21). The molecule has 0 aliphatic carbocycles. The topological polar surface area (TPSA) is 98.6 Å². The molecule has 0 saturated carbocycles. The van der Waals surface area contributed by atoms with Crippen molar-refractivity contribution in [1.82, 2.24) is 10.2 Å². The summed E-state index contributed by atoms with van der Waals surface area (Å²) in [6, 6.07) is 12.2. The maximum atomic E-state index is 11.6. The van der Waals surface area contributed by atoms with E-state index in [1.165, 1.54) is 6.07 Å². The average Bonchev–Trinajstić information content (AvgIpc) is 2.49. The van der Waals surface area contributed by atoms with E-state index in [9.17, 15) is 9.59 Å². The number of nitrogens with zero attached hydrogens (tertiary/aromatic N) is 2. The van der Waals surface area contributed by atoms with Crippen LogP contribution in [0.2, 0.25) is 0 Å². The zero-order valence-corrected chi connectivity index (χ0v) is 11.3. The molecule has 21 heavy (non-hydrogen) atoms. The normalized spacial score (nSPS) is 9.86. The van der Waals surface area contributed by atoms with Gasteiger partial charge >= 0.3 is 0 Å². The van der Waals surface area contributed by atoms with Crippen LogP contribution in [0.15, 0.2) is 41.2 Å². The minimum atomic E-state index is -0.250. The van der Waals surface area contributed by atoms with Crippen molar-refractivity contribution in [2.75, 3.05) is 5.32 Å². The molecular formula is C15H14N4O2. The van der Waals surface area contributed by atoms with Gasteiger partial charge in [0.25, 0.3) is 5.56 Å². The molecular weight excluding hydrogens is 268 g/mol. The maximum Gasteiger partial charge on any atom is 0.264 e. The Kier molecular flexibility index (Phi) is 4.83. The molecule has 106 valence electrons. The average molecular weight is 282 g/mol. The van der Waals surface area contributed by atoms with Gasteiger partial charge in [0.2, 0.25) is 5.91 Å². The molecule has 1 heterocycles. The molecule has 0 fully saturated rings. The molecule has 2 N–H and O–H groups in total. The number of carbonyl (C=O) groups excluding carboxylic acids is 1. The molecule has 2 aromatic rings. The Morgan fingerprint density at radius 2 is 2.00 bits per heavy atom. The fourth-order valence-corrected chi connectivity index (χ4v) is 1.78. The van der Waals surface area contributed by atoms with Crippen LogP contribution in [0.4, 0.5) is 5.69 Å². The Bertz CT molecular complexity index is 693. The molecule has 2 rings (SSSR count). The van der Waals surface area contributed by atoms with Crippen molar-refractivity contribution in [3.8, 4) is 17.3 Å². The molecule has 0 aliphatic heterocycles. The lowest BCUT2D eigenvalue weighted by molar-refractivity contribution is -0.116. The first-order valence-electron chi connectivity index (χ1n) is 6.52. The van der Waals surface area contributed by atoms with E-state index in [-0.39, 0.29) is 11.5 Å². The van der Waals surface area contributed by atoms with E-state index in [0.29, 0.717) is 30.6 Å². The molecule has 6 heteroatoms. The third-order valence-electron chi connectivity index (χ3n) is 2.84. The summed E-state index contributed by atoms with van der Waals surface area (Å²) in [5, 5.41) is 17.5. The van der Waals surface area contributed by atoms with Gasteiger partial charge in [0.05, 0.1) is 11.8 Å². The summed E-state index contributed by atoms with van der Waals surface area (Å²) in [5.74, 6) is -0.111. The quantitative estimate of drug-likeness (QED) is 0.820. The Morgan fingerprint density at radius 1 is 1.24 bits per heavy atom. The van der Waals surface area contributed by atoms with Gasteiger partial charge in [-0.05, 0) is 24.6 Å². The summed E-state index contributed by atoms with van der Waals surface area (Å²) in [7, 11) is 0. The zero-order chi connectivity index (χ0) is 15.1. The first kappa shape index (κ1) is 14.5. The fourth-order valence-electron chi connectivity index (χ4n) is 1.78. The Hall–Kier alpha value is -2.94. The number of H-pyrrole nitrogens is 1. The smallest absolute Gasteiger partial charge is 0.264 e. The summed E-state index contributed by atoms with van der Waals surface area (Å²) in [4.78, 5) is 22.6. The number of carbonyl (C=O) groups is 1. The van der Waals surface area contributed by atoms with Gasteiger partial charge in [-0.25, -0.2) is 5.10 Å². The number of amides is 1. The van der Waals surface area contributed by atoms with Gasteiger partial charge in [0, 0.05) is 30.2 Å². The lowest BCUT2D eigenvalue weighted by Crippen LogP contribution is -2.10. The summed E-state index contributed by atoms with van der Waals surface area (Å²) in [5.41, 5.74) is 1.93. The molecule has 1 amide bonds. The van der Waals surface area contributed by atoms with Crippen LogP contribution in [0.5, 0.6) is 0 Å². The molecule has 6 nitrogen and oxygen atoms in total. The van der Waals surface area contributed by atoms with Crippen molar-refractivity contribution >= 4 is 11.6 Å². The van der Waals surface area contributed by atoms with E-state index < -0.39 is 0 Å². The lowest BCUT2D eigenvalue weighted by atomic mass is 10.1. The number of nitrogens with one attached hydrogen (secondary N) is 2. The zero-order valence-electron chi connectivity index (χ0n) is 11.3. The number of nitriles is 1. The largest absolute Gasteiger partial charge is 0.326 e. The van der Waals surface area contributed by atoms with Crippen LogP contribution in [0, 0.1) is 11.3 Å². The van der Waals surface area contributed by atoms with Gasteiger partial charge in [-0.15, -0.1) is 0 Å². The molecule has 0 unspecified atom stereocenters. The van der Waals surface area contributed by atoms with Crippen molar-refractivity contribution in [1.29, 1.82) is 5.26 Å². The van der Waals surface area contributed by atoms with Gasteiger partial charge in [0.15, 0.2) is 0 Å². The van der Waals surface area contributed by atoms with E-state index in [0.717, 1.165) is 5.56 Å². The van der Waals surface area contributed by atoms with Crippen LogP contribution < -0.4 is 10.9 Å². The molecule has 0 bridgehead atoms. The van der Waals surface area contributed by atoms with E-state index in [1.807, 2.05) is 18.2 Å². The number of aromatic nitrogens is 2. The summed E-state index contributed by atoms with van der Waals surface area (Å²) >= 11 is 0. The van der Waals surface area contributed by atoms with E-state index in [4.69, 9.17) is 5.26 Å². The van der Waals surface area contributed by atoms with Crippen molar-refractivity contribution in [2.45, 2.75) is 19.3 Å². The first-order valence-corrected chi connectivity index (χ1v) is 6.52. The Morgan fingerprint density at radius 3 is 2.62 bits per heavy atom. The number of benzene rings is 1. The van der Waals surface area contributed by atoms with Crippen LogP contribution in [0.1, 0.15) is 19.3 Å². The molecule has 1 aromatic heterocycles. The number of rotatable bonds is 5. The number of aromatic amines is 1.